The van der Waals surface area contributed by atoms with E-state index in [2.05, 4.69) is 6.58 Å². The molecule has 18 nitrogen and oxygen atoms in total. The monoisotopic (exact) mass is 704 g/mol. The SMILES string of the molecule is C=CCCCO[C@@H]1OC(COC(C)=O)[C@@H](O[C@@H]2OC(COC(C)=O)[C@H](OC(C)=O)[C@H](OC(C)=O)C2OC(C)=O)[C@H](OC(C)=O)C1OC(C)=O. The Morgan fingerprint density at radius 3 is 1.37 bits per heavy atom. The number of ether oxygens (including phenoxy) is 11. The summed E-state index contributed by atoms with van der Waals surface area (Å²) in [4.78, 5) is 85.0. The van der Waals surface area contributed by atoms with Gasteiger partial charge in [-0.1, -0.05) is 6.08 Å². The zero-order valence-electron chi connectivity index (χ0n) is 28.4. The second kappa shape index (κ2) is 19.8. The summed E-state index contributed by atoms with van der Waals surface area (Å²) in [5.41, 5.74) is 0. The minimum absolute atomic E-state index is 0.0900. The Bertz CT molecular complexity index is 1200. The highest BCUT2D eigenvalue weighted by Gasteiger charge is 2.57. The molecule has 0 aromatic carbocycles. The van der Waals surface area contributed by atoms with Crippen LogP contribution in [0.3, 0.4) is 0 Å². The Morgan fingerprint density at radius 2 is 0.918 bits per heavy atom. The Kier molecular flexibility index (Phi) is 16.6. The van der Waals surface area contributed by atoms with E-state index in [0.29, 0.717) is 12.8 Å². The minimum Gasteiger partial charge on any atom is -0.463 e. The second-order valence-electron chi connectivity index (χ2n) is 11.0. The molecule has 0 N–H and O–H groups in total. The molecule has 4 unspecified atom stereocenters. The van der Waals surface area contributed by atoms with E-state index in [9.17, 15) is 33.6 Å². The van der Waals surface area contributed by atoms with E-state index in [1.54, 1.807) is 6.08 Å². The minimum atomic E-state index is -1.77. The summed E-state index contributed by atoms with van der Waals surface area (Å²) in [6, 6.07) is 0. The van der Waals surface area contributed by atoms with Gasteiger partial charge in [0.1, 0.15) is 31.5 Å². The summed E-state index contributed by atoms with van der Waals surface area (Å²) in [5.74, 6) is -5.76. The van der Waals surface area contributed by atoms with Crippen LogP contribution >= 0.6 is 0 Å². The molecular formula is C31H44O18. The normalized spacial score (nSPS) is 29.4. The molecule has 0 aliphatic carbocycles. The van der Waals surface area contributed by atoms with Gasteiger partial charge >= 0.3 is 41.8 Å². The first-order chi connectivity index (χ1) is 23.0. The molecule has 0 amide bonds. The maximum Gasteiger partial charge on any atom is 0.303 e. The molecule has 2 aliphatic rings. The molecule has 18 heteroatoms. The van der Waals surface area contributed by atoms with Gasteiger partial charge in [-0.15, -0.1) is 6.58 Å². The van der Waals surface area contributed by atoms with Crippen LogP contribution in [-0.2, 0) is 85.7 Å². The number of carbonyl (C=O) groups excluding carboxylic acids is 7. The molecule has 2 aliphatic heterocycles. The summed E-state index contributed by atoms with van der Waals surface area (Å²) < 4.78 is 61.9. The van der Waals surface area contributed by atoms with Crippen LogP contribution < -0.4 is 0 Å². The van der Waals surface area contributed by atoms with Crippen LogP contribution in [-0.4, -0.2) is 123 Å². The van der Waals surface area contributed by atoms with Crippen molar-refractivity contribution in [3.63, 3.8) is 0 Å². The van der Waals surface area contributed by atoms with E-state index < -0.39 is 116 Å². The first-order valence-corrected chi connectivity index (χ1v) is 15.4. The predicted molar refractivity (Wildman–Crippen MR) is 159 cm³/mol. The third-order valence-electron chi connectivity index (χ3n) is 6.72. The van der Waals surface area contributed by atoms with Crippen LogP contribution in [0.2, 0.25) is 0 Å². The molecule has 49 heavy (non-hydrogen) atoms. The van der Waals surface area contributed by atoms with Gasteiger partial charge in [0.2, 0.25) is 0 Å². The van der Waals surface area contributed by atoms with Gasteiger partial charge in [-0.2, -0.15) is 0 Å². The van der Waals surface area contributed by atoms with Crippen molar-refractivity contribution < 1.29 is 85.7 Å². The van der Waals surface area contributed by atoms with Crippen molar-refractivity contribution >= 4 is 41.8 Å². The quantitative estimate of drug-likeness (QED) is 0.0928. The maximum absolute atomic E-state index is 12.4. The highest BCUT2D eigenvalue weighted by atomic mass is 16.8. The number of carbonyl (C=O) groups is 7. The Labute approximate surface area is 282 Å². The zero-order valence-corrected chi connectivity index (χ0v) is 28.4. The molecule has 2 saturated heterocycles. The number of hydrogen-bond acceptors (Lipinski definition) is 18. The first kappa shape index (κ1) is 41.0. The van der Waals surface area contributed by atoms with E-state index in [0.717, 1.165) is 48.5 Å². The summed E-state index contributed by atoms with van der Waals surface area (Å²) in [5, 5.41) is 0. The van der Waals surface area contributed by atoms with Crippen molar-refractivity contribution in [2.24, 2.45) is 0 Å². The largest absolute Gasteiger partial charge is 0.463 e. The van der Waals surface area contributed by atoms with Gasteiger partial charge in [-0.05, 0) is 12.8 Å². The van der Waals surface area contributed by atoms with Gasteiger partial charge in [0.25, 0.3) is 0 Å². The van der Waals surface area contributed by atoms with Gasteiger partial charge < -0.3 is 52.1 Å². The molecule has 0 radical (unpaired) electrons. The average Bonchev–Trinajstić information content (AvgIpc) is 2.97. The number of rotatable bonds is 16. The van der Waals surface area contributed by atoms with Gasteiger partial charge in [0, 0.05) is 48.5 Å². The van der Waals surface area contributed by atoms with Crippen molar-refractivity contribution in [2.75, 3.05) is 19.8 Å². The molecule has 0 bridgehead atoms. The molecule has 0 spiro atoms. The van der Waals surface area contributed by atoms with Crippen LogP contribution in [0.1, 0.15) is 61.3 Å². The zero-order chi connectivity index (χ0) is 36.8. The average molecular weight is 705 g/mol. The van der Waals surface area contributed by atoms with Crippen molar-refractivity contribution in [3.05, 3.63) is 12.7 Å². The summed E-state index contributed by atoms with van der Waals surface area (Å²) in [6.07, 6.45) is -12.4. The Morgan fingerprint density at radius 1 is 0.531 bits per heavy atom. The van der Waals surface area contributed by atoms with Crippen LogP contribution in [0.25, 0.3) is 0 Å². The number of allylic oxidation sites excluding steroid dienone is 1. The number of esters is 7. The fourth-order valence-electron chi connectivity index (χ4n) is 5.03. The molecule has 0 aromatic heterocycles. The highest BCUT2D eigenvalue weighted by molar-refractivity contribution is 5.69. The molecule has 10 atom stereocenters. The third-order valence-corrected chi connectivity index (χ3v) is 6.72. The lowest BCUT2D eigenvalue weighted by Gasteiger charge is -2.48. The summed E-state index contributed by atoms with van der Waals surface area (Å²) >= 11 is 0. The molecule has 2 rings (SSSR count). The van der Waals surface area contributed by atoms with Crippen molar-refractivity contribution in [2.45, 2.75) is 123 Å². The molecule has 276 valence electrons. The van der Waals surface area contributed by atoms with Gasteiger partial charge in [0.15, 0.2) is 43.1 Å². The third kappa shape index (κ3) is 13.4. The first-order valence-electron chi connectivity index (χ1n) is 15.4. The van der Waals surface area contributed by atoms with Gasteiger partial charge in [-0.3, -0.25) is 33.6 Å². The van der Waals surface area contributed by atoms with Crippen LogP contribution in [0.4, 0.5) is 0 Å². The van der Waals surface area contributed by atoms with Gasteiger partial charge in [-0.25, -0.2) is 0 Å². The Balaban J connectivity index is 2.70. The highest BCUT2D eigenvalue weighted by Crippen LogP contribution is 2.35. The lowest BCUT2D eigenvalue weighted by molar-refractivity contribution is -0.361. The molecular weight excluding hydrogens is 660 g/mol. The number of unbranched alkanes of at least 4 members (excludes halogenated alkanes) is 1. The molecule has 2 heterocycles. The number of hydrogen-bond donors (Lipinski definition) is 0. The van der Waals surface area contributed by atoms with E-state index in [4.69, 9.17) is 52.1 Å². The second-order valence-corrected chi connectivity index (χ2v) is 11.0. The summed E-state index contributed by atoms with van der Waals surface area (Å²) in [6.45, 7) is 10.2. The van der Waals surface area contributed by atoms with Crippen molar-refractivity contribution in [1.29, 1.82) is 0 Å². The fraction of sp³-hybridized carbons (Fsp3) is 0.710. The van der Waals surface area contributed by atoms with Gasteiger partial charge in [0.05, 0.1) is 6.61 Å². The molecule has 0 aromatic rings. The smallest absolute Gasteiger partial charge is 0.303 e. The Hall–Kier alpha value is -4.13. The van der Waals surface area contributed by atoms with Crippen molar-refractivity contribution in [1.82, 2.24) is 0 Å². The van der Waals surface area contributed by atoms with E-state index in [1.165, 1.54) is 0 Å². The lowest BCUT2D eigenvalue weighted by atomic mass is 9.96. The fourth-order valence-corrected chi connectivity index (χ4v) is 5.03. The molecule has 0 saturated carbocycles. The molecule has 2 fully saturated rings. The standard InChI is InChI=1S/C31H44O18/c1-9-10-11-12-39-30-28(45-20(7)37)27(44-19(6)36)25(23(47-30)14-41-16(3)33)49-31-29(46-21(8)38)26(43-18(5)35)24(42-17(4)34)22(48-31)13-40-15(2)32/h9,22-31H,1,10-14H2,2-8H3/t22?,23?,24-,25+,26-,27-,28?,29?,30+,31-/m0/s1. The van der Waals surface area contributed by atoms with Crippen LogP contribution in [0.15, 0.2) is 12.7 Å². The lowest BCUT2D eigenvalue weighted by Crippen LogP contribution is -2.67. The van der Waals surface area contributed by atoms with E-state index in [1.807, 2.05) is 0 Å². The van der Waals surface area contributed by atoms with E-state index >= 15 is 0 Å². The summed E-state index contributed by atoms with van der Waals surface area (Å²) in [7, 11) is 0. The maximum atomic E-state index is 12.4. The topological polar surface area (TPSA) is 221 Å². The van der Waals surface area contributed by atoms with Crippen LogP contribution in [0, 0.1) is 0 Å². The van der Waals surface area contributed by atoms with E-state index in [-0.39, 0.29) is 6.61 Å². The predicted octanol–water partition coefficient (Wildman–Crippen LogP) is 0.589. The van der Waals surface area contributed by atoms with Crippen LogP contribution in [0.5, 0.6) is 0 Å². The van der Waals surface area contributed by atoms with Crippen molar-refractivity contribution in [3.8, 4) is 0 Å².